The van der Waals surface area contributed by atoms with Crippen molar-refractivity contribution in [3.63, 3.8) is 0 Å². The zero-order valence-corrected chi connectivity index (χ0v) is 18.8. The molecule has 4 aromatic rings. The summed E-state index contributed by atoms with van der Waals surface area (Å²) in [6.45, 7) is 4.74. The van der Waals surface area contributed by atoms with Gasteiger partial charge in [0.2, 0.25) is 0 Å². The number of rotatable bonds is 7. The van der Waals surface area contributed by atoms with Crippen molar-refractivity contribution in [2.24, 2.45) is 0 Å². The molecule has 1 atom stereocenters. The SMILES string of the molecule is C=CCC1Oc2cccc(OC)c2-c2ccc(N(Cc3ccccc3)c3ccccc3)cc21. The van der Waals surface area contributed by atoms with E-state index >= 15 is 0 Å². The molecule has 0 N–H and O–H groups in total. The quantitative estimate of drug-likeness (QED) is 0.279. The molecule has 1 aliphatic heterocycles. The minimum Gasteiger partial charge on any atom is -0.496 e. The average Bonchev–Trinajstić information content (AvgIpc) is 2.88. The first kappa shape index (κ1) is 20.9. The third kappa shape index (κ3) is 4.10. The topological polar surface area (TPSA) is 21.7 Å². The first-order chi connectivity index (χ1) is 16.3. The molecule has 1 heterocycles. The number of nitrogens with zero attached hydrogens (tertiary/aromatic N) is 1. The minimum atomic E-state index is -0.0913. The van der Waals surface area contributed by atoms with Gasteiger partial charge in [-0.15, -0.1) is 6.58 Å². The van der Waals surface area contributed by atoms with Gasteiger partial charge in [0.15, 0.2) is 0 Å². The van der Waals surface area contributed by atoms with E-state index in [9.17, 15) is 0 Å². The van der Waals surface area contributed by atoms with E-state index in [1.807, 2.05) is 30.3 Å². The van der Waals surface area contributed by atoms with Crippen LogP contribution in [-0.2, 0) is 6.54 Å². The van der Waals surface area contributed by atoms with Crippen LogP contribution < -0.4 is 14.4 Å². The number of benzene rings is 4. The van der Waals surface area contributed by atoms with Crippen LogP contribution >= 0.6 is 0 Å². The highest BCUT2D eigenvalue weighted by atomic mass is 16.5. The molecule has 3 nitrogen and oxygen atoms in total. The molecule has 0 amide bonds. The Balaban J connectivity index is 1.64. The van der Waals surface area contributed by atoms with Gasteiger partial charge in [0.25, 0.3) is 0 Å². The van der Waals surface area contributed by atoms with Crippen LogP contribution in [0.15, 0.2) is 110 Å². The molecule has 0 spiro atoms. The van der Waals surface area contributed by atoms with E-state index in [1.165, 1.54) is 5.56 Å². The van der Waals surface area contributed by atoms with Gasteiger partial charge in [-0.2, -0.15) is 0 Å². The highest BCUT2D eigenvalue weighted by Crippen LogP contribution is 2.49. The Labute approximate surface area is 195 Å². The van der Waals surface area contributed by atoms with Gasteiger partial charge in [-0.05, 0) is 47.5 Å². The van der Waals surface area contributed by atoms with Gasteiger partial charge in [0.05, 0.1) is 12.7 Å². The largest absolute Gasteiger partial charge is 0.496 e. The summed E-state index contributed by atoms with van der Waals surface area (Å²) in [5.74, 6) is 1.67. The number of fused-ring (bicyclic) bond motifs is 3. The molecule has 3 heteroatoms. The van der Waals surface area contributed by atoms with Crippen LogP contribution in [0.4, 0.5) is 11.4 Å². The summed E-state index contributed by atoms with van der Waals surface area (Å²) in [7, 11) is 1.70. The number of ether oxygens (including phenoxy) is 2. The molecule has 0 saturated carbocycles. The zero-order valence-electron chi connectivity index (χ0n) is 18.8. The molecule has 0 radical (unpaired) electrons. The molecule has 0 bridgehead atoms. The van der Waals surface area contributed by atoms with E-state index in [-0.39, 0.29) is 6.10 Å². The summed E-state index contributed by atoms with van der Waals surface area (Å²) in [5.41, 5.74) is 6.84. The van der Waals surface area contributed by atoms with Gasteiger partial charge < -0.3 is 14.4 Å². The van der Waals surface area contributed by atoms with Crippen molar-refractivity contribution in [3.8, 4) is 22.6 Å². The van der Waals surface area contributed by atoms with E-state index < -0.39 is 0 Å². The normalized spacial score (nSPS) is 13.9. The highest BCUT2D eigenvalue weighted by Gasteiger charge is 2.28. The summed E-state index contributed by atoms with van der Waals surface area (Å²) in [6, 6.07) is 33.7. The second kappa shape index (κ2) is 9.25. The standard InChI is InChI=1S/C30H27NO2/c1-3-11-27-26-20-24(18-19-25(26)30-28(32-2)16-10-17-29(30)33-27)31(23-14-8-5-9-15-23)21-22-12-6-4-7-13-22/h3-10,12-20,27H,1,11,21H2,2H3. The number of hydrogen-bond donors (Lipinski definition) is 0. The van der Waals surface area contributed by atoms with Crippen molar-refractivity contribution >= 4 is 11.4 Å². The van der Waals surface area contributed by atoms with E-state index in [1.54, 1.807) is 7.11 Å². The predicted molar refractivity (Wildman–Crippen MR) is 135 cm³/mol. The predicted octanol–water partition coefficient (Wildman–Crippen LogP) is 7.71. The Morgan fingerprint density at radius 1 is 0.879 bits per heavy atom. The van der Waals surface area contributed by atoms with Crippen molar-refractivity contribution in [2.45, 2.75) is 19.1 Å². The lowest BCUT2D eigenvalue weighted by molar-refractivity contribution is 0.205. The van der Waals surface area contributed by atoms with Crippen LogP contribution in [0, 0.1) is 0 Å². The van der Waals surface area contributed by atoms with Crippen LogP contribution in [-0.4, -0.2) is 7.11 Å². The second-order valence-electron chi connectivity index (χ2n) is 8.14. The maximum atomic E-state index is 6.43. The number of hydrogen-bond acceptors (Lipinski definition) is 3. The smallest absolute Gasteiger partial charge is 0.131 e. The van der Waals surface area contributed by atoms with E-state index in [0.717, 1.165) is 52.5 Å². The molecule has 4 aromatic carbocycles. The summed E-state index contributed by atoms with van der Waals surface area (Å²) < 4.78 is 12.1. The maximum absolute atomic E-state index is 6.43. The van der Waals surface area contributed by atoms with Crippen LogP contribution in [0.25, 0.3) is 11.1 Å². The van der Waals surface area contributed by atoms with Crippen molar-refractivity contribution in [3.05, 3.63) is 121 Å². The Morgan fingerprint density at radius 3 is 2.36 bits per heavy atom. The summed E-state index contributed by atoms with van der Waals surface area (Å²) >= 11 is 0. The van der Waals surface area contributed by atoms with Gasteiger partial charge >= 0.3 is 0 Å². The molecular weight excluding hydrogens is 406 g/mol. The first-order valence-corrected chi connectivity index (χ1v) is 11.2. The van der Waals surface area contributed by atoms with Gasteiger partial charge in [-0.1, -0.05) is 66.7 Å². The summed E-state index contributed by atoms with van der Waals surface area (Å²) in [5, 5.41) is 0. The van der Waals surface area contributed by atoms with Crippen LogP contribution in [0.5, 0.6) is 11.5 Å². The van der Waals surface area contributed by atoms with Crippen molar-refractivity contribution in [2.75, 3.05) is 12.0 Å². The van der Waals surface area contributed by atoms with Crippen molar-refractivity contribution in [1.82, 2.24) is 0 Å². The Morgan fingerprint density at radius 2 is 1.64 bits per heavy atom. The molecule has 1 unspecified atom stereocenters. The third-order valence-electron chi connectivity index (χ3n) is 6.07. The Hall–Kier alpha value is -3.98. The molecule has 0 aliphatic carbocycles. The van der Waals surface area contributed by atoms with Gasteiger partial charge in [-0.25, -0.2) is 0 Å². The molecular formula is C30H27NO2. The van der Waals surface area contributed by atoms with Gasteiger partial charge in [0, 0.05) is 29.9 Å². The highest BCUT2D eigenvalue weighted by molar-refractivity contribution is 5.83. The third-order valence-corrected chi connectivity index (χ3v) is 6.07. The summed E-state index contributed by atoms with van der Waals surface area (Å²) in [4.78, 5) is 2.35. The molecule has 5 rings (SSSR count). The monoisotopic (exact) mass is 433 g/mol. The zero-order chi connectivity index (χ0) is 22.6. The molecule has 0 aromatic heterocycles. The Kier molecular flexibility index (Phi) is 5.86. The molecule has 0 saturated heterocycles. The molecule has 33 heavy (non-hydrogen) atoms. The maximum Gasteiger partial charge on any atom is 0.131 e. The minimum absolute atomic E-state index is 0.0913. The van der Waals surface area contributed by atoms with E-state index in [2.05, 4.69) is 84.3 Å². The van der Waals surface area contributed by atoms with E-state index in [0.29, 0.717) is 0 Å². The Bertz CT molecular complexity index is 1250. The fourth-order valence-corrected chi connectivity index (χ4v) is 4.51. The van der Waals surface area contributed by atoms with E-state index in [4.69, 9.17) is 9.47 Å². The lowest BCUT2D eigenvalue weighted by Gasteiger charge is -2.32. The van der Waals surface area contributed by atoms with Crippen LogP contribution in [0.2, 0.25) is 0 Å². The van der Waals surface area contributed by atoms with Gasteiger partial charge in [0.1, 0.15) is 17.6 Å². The van der Waals surface area contributed by atoms with Crippen LogP contribution in [0.1, 0.15) is 23.7 Å². The van der Waals surface area contributed by atoms with Crippen LogP contribution in [0.3, 0.4) is 0 Å². The number of methoxy groups -OCH3 is 1. The fourth-order valence-electron chi connectivity index (χ4n) is 4.51. The molecule has 1 aliphatic rings. The molecule has 164 valence electrons. The van der Waals surface area contributed by atoms with Gasteiger partial charge in [-0.3, -0.25) is 0 Å². The number of anilines is 2. The molecule has 0 fully saturated rings. The lowest BCUT2D eigenvalue weighted by atomic mass is 9.90. The first-order valence-electron chi connectivity index (χ1n) is 11.2. The number of para-hydroxylation sites is 1. The lowest BCUT2D eigenvalue weighted by Crippen LogP contribution is -2.19. The average molecular weight is 434 g/mol. The fraction of sp³-hybridized carbons (Fsp3) is 0.133. The summed E-state index contributed by atoms with van der Waals surface area (Å²) in [6.07, 6.45) is 2.56. The second-order valence-corrected chi connectivity index (χ2v) is 8.14. The van der Waals surface area contributed by atoms with Crippen molar-refractivity contribution in [1.29, 1.82) is 0 Å². The van der Waals surface area contributed by atoms with Crippen molar-refractivity contribution < 1.29 is 9.47 Å².